The van der Waals surface area contributed by atoms with Crippen LogP contribution in [0.3, 0.4) is 0 Å². The molecule has 3 N–H and O–H groups in total. The van der Waals surface area contributed by atoms with Crippen molar-refractivity contribution in [3.63, 3.8) is 0 Å². The maximum atomic E-state index is 12.3. The van der Waals surface area contributed by atoms with Crippen LogP contribution in [-0.4, -0.2) is 36.3 Å². The summed E-state index contributed by atoms with van der Waals surface area (Å²) in [5.41, 5.74) is 8.73. The summed E-state index contributed by atoms with van der Waals surface area (Å²) in [6, 6.07) is 14.4. The molecule has 0 aliphatic heterocycles. The molecule has 2 aromatic heterocycles. The third-order valence-electron chi connectivity index (χ3n) is 4.41. The van der Waals surface area contributed by atoms with Gasteiger partial charge in [-0.2, -0.15) is 0 Å². The van der Waals surface area contributed by atoms with E-state index in [0.29, 0.717) is 29.5 Å². The molecule has 0 aliphatic carbocycles. The Morgan fingerprint density at radius 2 is 2.07 bits per heavy atom. The van der Waals surface area contributed by atoms with Crippen molar-refractivity contribution in [2.45, 2.75) is 25.5 Å². The zero-order valence-corrected chi connectivity index (χ0v) is 16.1. The first-order valence-electron chi connectivity index (χ1n) is 8.99. The fourth-order valence-corrected chi connectivity index (χ4v) is 3.05. The SMILES string of the molecule is N[C@@H](CCc1nnnn1C(=O)OCc1ccccc1)c1nc2cc(Cl)ccc2[nH]1. The number of aromatic nitrogens is 6. The molecule has 148 valence electrons. The molecule has 0 spiro atoms. The molecule has 29 heavy (non-hydrogen) atoms. The predicted octanol–water partition coefficient (Wildman–Crippen LogP) is 3.02. The molecule has 2 aromatic carbocycles. The zero-order chi connectivity index (χ0) is 20.2. The number of nitrogens with two attached hydrogens (primary N) is 1. The Morgan fingerprint density at radius 3 is 2.90 bits per heavy atom. The maximum Gasteiger partial charge on any atom is 0.438 e. The number of carbonyl (C=O) groups is 1. The Morgan fingerprint density at radius 1 is 1.24 bits per heavy atom. The minimum atomic E-state index is -0.638. The second kappa shape index (κ2) is 8.38. The highest BCUT2D eigenvalue weighted by molar-refractivity contribution is 6.31. The first kappa shape index (κ1) is 19.0. The Hall–Kier alpha value is -3.30. The summed E-state index contributed by atoms with van der Waals surface area (Å²) < 4.78 is 6.32. The molecule has 0 fully saturated rings. The van der Waals surface area contributed by atoms with Gasteiger partial charge in [-0.25, -0.2) is 9.78 Å². The van der Waals surface area contributed by atoms with Crippen molar-refractivity contribution in [2.24, 2.45) is 5.73 Å². The molecule has 10 heteroatoms. The molecule has 0 saturated heterocycles. The number of H-pyrrole nitrogens is 1. The number of nitrogens with zero attached hydrogens (tertiary/aromatic N) is 5. The van der Waals surface area contributed by atoms with Crippen LogP contribution in [0.15, 0.2) is 48.5 Å². The molecule has 0 saturated carbocycles. The average molecular weight is 412 g/mol. The second-order valence-corrected chi connectivity index (χ2v) is 6.91. The number of hydrogen-bond acceptors (Lipinski definition) is 7. The topological polar surface area (TPSA) is 125 Å². The van der Waals surface area contributed by atoms with Crippen LogP contribution < -0.4 is 5.73 Å². The van der Waals surface area contributed by atoms with Crippen molar-refractivity contribution in [1.82, 2.24) is 30.2 Å². The van der Waals surface area contributed by atoms with E-state index in [1.807, 2.05) is 36.4 Å². The molecule has 2 heterocycles. The van der Waals surface area contributed by atoms with Gasteiger partial charge in [0.1, 0.15) is 12.4 Å². The molecule has 4 rings (SSSR count). The fraction of sp³-hybridized carbons (Fsp3) is 0.211. The van der Waals surface area contributed by atoms with Gasteiger partial charge in [0.2, 0.25) is 0 Å². The van der Waals surface area contributed by atoms with Gasteiger partial charge in [0.25, 0.3) is 0 Å². The number of nitrogens with one attached hydrogen (secondary N) is 1. The number of hydrogen-bond donors (Lipinski definition) is 2. The van der Waals surface area contributed by atoms with Gasteiger partial charge in [-0.05, 0) is 40.6 Å². The number of benzene rings is 2. The molecular formula is C19H18ClN7O2. The van der Waals surface area contributed by atoms with Gasteiger partial charge in [0.15, 0.2) is 5.82 Å². The number of halogens is 1. The second-order valence-electron chi connectivity index (χ2n) is 6.48. The quantitative estimate of drug-likeness (QED) is 0.467. The first-order valence-corrected chi connectivity index (χ1v) is 9.37. The van der Waals surface area contributed by atoms with E-state index in [1.165, 1.54) is 0 Å². The predicted molar refractivity (Wildman–Crippen MR) is 106 cm³/mol. The molecule has 0 bridgehead atoms. The number of carbonyl (C=O) groups excluding carboxylic acids is 1. The molecule has 1 atom stereocenters. The monoisotopic (exact) mass is 411 g/mol. The van der Waals surface area contributed by atoms with Gasteiger partial charge in [0, 0.05) is 11.4 Å². The number of ether oxygens (including phenoxy) is 1. The molecule has 0 aliphatic rings. The number of aryl methyl sites for hydroxylation is 1. The first-order chi connectivity index (χ1) is 14.1. The summed E-state index contributed by atoms with van der Waals surface area (Å²) in [5, 5.41) is 11.8. The highest BCUT2D eigenvalue weighted by Crippen LogP contribution is 2.21. The molecule has 0 amide bonds. The number of aromatic amines is 1. The smallest absolute Gasteiger partial charge is 0.438 e. The van der Waals surface area contributed by atoms with Crippen LogP contribution in [0.5, 0.6) is 0 Å². The lowest BCUT2D eigenvalue weighted by molar-refractivity contribution is 0.136. The summed E-state index contributed by atoms with van der Waals surface area (Å²) in [6.07, 6.45) is 0.229. The van der Waals surface area contributed by atoms with Crippen molar-refractivity contribution in [3.05, 3.63) is 70.8 Å². The van der Waals surface area contributed by atoms with Crippen LogP contribution in [0.2, 0.25) is 5.02 Å². The van der Waals surface area contributed by atoms with Gasteiger partial charge >= 0.3 is 6.09 Å². The van der Waals surface area contributed by atoms with Gasteiger partial charge in [0.05, 0.1) is 17.1 Å². The van der Waals surface area contributed by atoms with Crippen LogP contribution in [0, 0.1) is 0 Å². The summed E-state index contributed by atoms with van der Waals surface area (Å²) in [5.74, 6) is 1.01. The minimum absolute atomic E-state index is 0.139. The third kappa shape index (κ3) is 4.41. The van der Waals surface area contributed by atoms with Gasteiger partial charge in [-0.15, -0.1) is 9.78 Å². The van der Waals surface area contributed by atoms with E-state index in [2.05, 4.69) is 25.5 Å². The van der Waals surface area contributed by atoms with E-state index in [-0.39, 0.29) is 12.6 Å². The highest BCUT2D eigenvalue weighted by Gasteiger charge is 2.18. The highest BCUT2D eigenvalue weighted by atomic mass is 35.5. The number of rotatable bonds is 6. The van der Waals surface area contributed by atoms with Gasteiger partial charge in [-0.3, -0.25) is 0 Å². The van der Waals surface area contributed by atoms with Crippen molar-refractivity contribution >= 4 is 28.7 Å². The van der Waals surface area contributed by atoms with E-state index in [9.17, 15) is 4.79 Å². The van der Waals surface area contributed by atoms with E-state index < -0.39 is 6.09 Å². The largest absolute Gasteiger partial charge is 0.443 e. The number of fused-ring (bicyclic) bond motifs is 1. The van der Waals surface area contributed by atoms with Gasteiger partial charge < -0.3 is 15.5 Å². The number of imidazole rings is 1. The summed E-state index contributed by atoms with van der Waals surface area (Å²) in [4.78, 5) is 20.0. The normalized spacial score (nSPS) is 12.2. The number of tetrazole rings is 1. The Bertz CT molecular complexity index is 1130. The van der Waals surface area contributed by atoms with E-state index in [1.54, 1.807) is 12.1 Å². The fourth-order valence-electron chi connectivity index (χ4n) is 2.88. The zero-order valence-electron chi connectivity index (χ0n) is 15.3. The van der Waals surface area contributed by atoms with Crippen molar-refractivity contribution < 1.29 is 9.53 Å². The van der Waals surface area contributed by atoms with Crippen molar-refractivity contribution in [3.8, 4) is 0 Å². The van der Waals surface area contributed by atoms with Gasteiger partial charge in [-0.1, -0.05) is 41.9 Å². The third-order valence-corrected chi connectivity index (χ3v) is 4.64. The lowest BCUT2D eigenvalue weighted by Gasteiger charge is -2.09. The Kier molecular flexibility index (Phi) is 5.50. The Balaban J connectivity index is 1.38. The summed E-state index contributed by atoms with van der Waals surface area (Å²) in [6.45, 7) is 0.139. The van der Waals surface area contributed by atoms with Crippen LogP contribution in [-0.2, 0) is 17.8 Å². The van der Waals surface area contributed by atoms with E-state index in [4.69, 9.17) is 22.1 Å². The average Bonchev–Trinajstić information content (AvgIpc) is 3.37. The Labute approximate surface area is 170 Å². The van der Waals surface area contributed by atoms with Crippen LogP contribution in [0.1, 0.15) is 29.7 Å². The van der Waals surface area contributed by atoms with Crippen molar-refractivity contribution in [1.29, 1.82) is 0 Å². The molecule has 4 aromatic rings. The lowest BCUT2D eigenvalue weighted by atomic mass is 10.1. The van der Waals surface area contributed by atoms with E-state index >= 15 is 0 Å². The molecule has 0 unspecified atom stereocenters. The summed E-state index contributed by atoms with van der Waals surface area (Å²) in [7, 11) is 0. The maximum absolute atomic E-state index is 12.3. The van der Waals surface area contributed by atoms with Crippen LogP contribution in [0.4, 0.5) is 4.79 Å². The molecular weight excluding hydrogens is 394 g/mol. The standard InChI is InChI=1S/C19H18ClN7O2/c20-13-6-8-15-16(10-13)23-18(22-15)14(21)7-9-17-24-25-26-27(17)19(28)29-11-12-4-2-1-3-5-12/h1-6,8,10,14H,7,9,11,21H2,(H,22,23)/t14-/m0/s1. The molecule has 9 nitrogen and oxygen atoms in total. The lowest BCUT2D eigenvalue weighted by Crippen LogP contribution is -2.20. The van der Waals surface area contributed by atoms with Crippen LogP contribution >= 0.6 is 11.6 Å². The van der Waals surface area contributed by atoms with Crippen LogP contribution in [0.25, 0.3) is 11.0 Å². The van der Waals surface area contributed by atoms with E-state index in [0.717, 1.165) is 21.3 Å². The summed E-state index contributed by atoms with van der Waals surface area (Å²) >= 11 is 5.99. The van der Waals surface area contributed by atoms with Crippen molar-refractivity contribution in [2.75, 3.05) is 0 Å². The minimum Gasteiger partial charge on any atom is -0.443 e. The molecule has 0 radical (unpaired) electrons.